The van der Waals surface area contributed by atoms with Gasteiger partial charge in [0.05, 0.1) is 45.2 Å². The largest absolute Gasteiger partial charge is 0.497 e. The molecule has 0 saturated carbocycles. The van der Waals surface area contributed by atoms with E-state index in [1.165, 1.54) is 0 Å². The molecule has 0 aliphatic carbocycles. The molecular weight excluding hydrogens is 853 g/mol. The molecule has 4 unspecified atom stereocenters. The van der Waals surface area contributed by atoms with Crippen molar-refractivity contribution in [1.29, 1.82) is 0 Å². The predicted octanol–water partition coefficient (Wildman–Crippen LogP) is 6.93. The Kier molecular flexibility index (Phi) is 12.5. The van der Waals surface area contributed by atoms with Gasteiger partial charge in [0, 0.05) is 111 Å². The zero-order valence-corrected chi connectivity index (χ0v) is 40.3. The molecule has 10 rings (SSSR count). The highest BCUT2D eigenvalue weighted by atomic mass is 16.5. The molecule has 4 aromatic carbocycles. The minimum Gasteiger partial charge on any atom is -0.497 e. The summed E-state index contributed by atoms with van der Waals surface area (Å²) in [7, 11) is 5.22. The van der Waals surface area contributed by atoms with Gasteiger partial charge in [-0.3, -0.25) is 19.0 Å². The molecule has 4 N–H and O–H groups in total. The van der Waals surface area contributed by atoms with Crippen LogP contribution in [0.4, 0.5) is 11.4 Å². The van der Waals surface area contributed by atoms with Crippen molar-refractivity contribution < 1.29 is 19.1 Å². The van der Waals surface area contributed by atoms with Gasteiger partial charge in [0.2, 0.25) is 0 Å². The summed E-state index contributed by atoms with van der Waals surface area (Å²) in [4.78, 5) is 33.3. The number of nitrogens with zero attached hydrogens (tertiary/aromatic N) is 6. The van der Waals surface area contributed by atoms with Crippen LogP contribution in [0.2, 0.25) is 0 Å². The first kappa shape index (κ1) is 45.2. The maximum Gasteiger partial charge on any atom is 0.252 e. The summed E-state index contributed by atoms with van der Waals surface area (Å²) in [5.74, 6) is 3.72. The molecule has 0 bridgehead atoms. The number of benzene rings is 4. The van der Waals surface area contributed by atoms with Crippen LogP contribution in [0.3, 0.4) is 0 Å². The molecule has 6 aromatic rings. The third-order valence-electron chi connectivity index (χ3n) is 15.1. The quantitative estimate of drug-likeness (QED) is 0.0910. The summed E-state index contributed by atoms with van der Waals surface area (Å²) >= 11 is 0. The average Bonchev–Trinajstić information content (AvgIpc) is 4.21. The smallest absolute Gasteiger partial charge is 0.252 e. The van der Waals surface area contributed by atoms with Crippen LogP contribution in [0.15, 0.2) is 91.5 Å². The van der Waals surface area contributed by atoms with Gasteiger partial charge in [-0.2, -0.15) is 10.2 Å². The number of methoxy groups -OCH3 is 2. The van der Waals surface area contributed by atoms with Crippen molar-refractivity contribution >= 4 is 23.2 Å². The van der Waals surface area contributed by atoms with Gasteiger partial charge in [-0.25, -0.2) is 0 Å². The van der Waals surface area contributed by atoms with Crippen LogP contribution < -0.4 is 40.5 Å². The number of amides is 2. The summed E-state index contributed by atoms with van der Waals surface area (Å²) in [6.07, 6.45) is 7.70. The van der Waals surface area contributed by atoms with Gasteiger partial charge in [0.15, 0.2) is 0 Å². The number of hydrogen-bond donors (Lipinski definition) is 4. The Balaban J connectivity index is 0.883. The lowest BCUT2D eigenvalue weighted by Crippen LogP contribution is -2.29. The van der Waals surface area contributed by atoms with Crippen molar-refractivity contribution in [1.82, 2.24) is 40.8 Å². The van der Waals surface area contributed by atoms with Crippen LogP contribution >= 0.6 is 0 Å². The Morgan fingerprint density at radius 2 is 1.31 bits per heavy atom. The first-order valence-corrected chi connectivity index (χ1v) is 24.1. The number of carbonyl (C=O) groups excluding carboxylic acids is 2. The normalized spacial score (nSPS) is 20.6. The van der Waals surface area contributed by atoms with Crippen LogP contribution in [0.25, 0.3) is 22.3 Å². The Bertz CT molecular complexity index is 2830. The molecule has 2 amide bonds. The van der Waals surface area contributed by atoms with E-state index in [0.717, 1.165) is 120 Å². The predicted molar refractivity (Wildman–Crippen MR) is 267 cm³/mol. The van der Waals surface area contributed by atoms with E-state index in [1.54, 1.807) is 18.9 Å². The second-order valence-electron chi connectivity index (χ2n) is 19.6. The minimum absolute atomic E-state index is 0.0975. The fourth-order valence-corrected chi connectivity index (χ4v) is 11.0. The van der Waals surface area contributed by atoms with Gasteiger partial charge in [0.25, 0.3) is 11.8 Å². The van der Waals surface area contributed by atoms with E-state index in [4.69, 9.17) is 14.6 Å². The van der Waals surface area contributed by atoms with Crippen LogP contribution in [0.1, 0.15) is 74.5 Å². The van der Waals surface area contributed by atoms with Crippen molar-refractivity contribution in [2.75, 3.05) is 76.4 Å². The minimum atomic E-state index is -0.293. The fraction of sp³-hybridized carbons (Fsp3) is 0.407. The van der Waals surface area contributed by atoms with Crippen molar-refractivity contribution in [3.8, 4) is 33.8 Å². The van der Waals surface area contributed by atoms with Crippen LogP contribution in [-0.4, -0.2) is 98.0 Å². The second-order valence-corrected chi connectivity index (χ2v) is 19.6. The number of hydrogen-bond acceptors (Lipinski definition) is 10. The molecule has 2 aromatic heterocycles. The van der Waals surface area contributed by atoms with Gasteiger partial charge >= 0.3 is 0 Å². The maximum atomic E-state index is 14.5. The summed E-state index contributed by atoms with van der Waals surface area (Å²) in [6, 6.07) is 22.1. The number of fused-ring (bicyclic) bond motifs is 2. The molecule has 0 spiro atoms. The lowest BCUT2D eigenvalue weighted by atomic mass is 9.98. The number of ether oxygens (including phenoxy) is 2. The number of carbonyl (C=O) groups is 2. The number of rotatable bonds is 14. The topological polar surface area (TPSA) is 143 Å². The number of aromatic nitrogens is 4. The van der Waals surface area contributed by atoms with E-state index in [9.17, 15) is 9.59 Å². The molecule has 6 atom stereocenters. The molecule has 0 radical (unpaired) electrons. The van der Waals surface area contributed by atoms with Crippen molar-refractivity contribution in [2.24, 2.45) is 30.7 Å². The molecular formula is C54H64N10O4. The Hall–Kier alpha value is -6.64. The van der Waals surface area contributed by atoms with E-state index in [0.29, 0.717) is 47.1 Å². The Morgan fingerprint density at radius 3 is 1.96 bits per heavy atom. The van der Waals surface area contributed by atoms with Crippen molar-refractivity contribution in [3.05, 3.63) is 130 Å². The van der Waals surface area contributed by atoms with Crippen LogP contribution in [0.5, 0.6) is 11.5 Å². The van der Waals surface area contributed by atoms with E-state index in [2.05, 4.69) is 78.6 Å². The SMILES string of the molecule is COc1cc(-c2cnn(Cc3cc(N4CC5CNCC5C4)cc(C(=O)N[C@H](C)c4ccc(OC)c(-c5cnn(C)c5)c4)c3C)c2)cc([C@@H](C)NC(=O)c2cc(N3CC4CNCC4C3)ccc2C)c1. The van der Waals surface area contributed by atoms with E-state index in [1.807, 2.05) is 88.5 Å². The van der Waals surface area contributed by atoms with Crippen LogP contribution in [-0.2, 0) is 13.6 Å². The molecule has 4 fully saturated rings. The Morgan fingerprint density at radius 1 is 0.676 bits per heavy atom. The zero-order valence-electron chi connectivity index (χ0n) is 40.3. The lowest BCUT2D eigenvalue weighted by Gasteiger charge is -2.24. The van der Waals surface area contributed by atoms with Gasteiger partial charge in [0.1, 0.15) is 11.5 Å². The molecule has 4 aliphatic heterocycles. The van der Waals surface area contributed by atoms with E-state index in [-0.39, 0.29) is 23.9 Å². The maximum absolute atomic E-state index is 14.5. The number of aryl methyl sites for hydroxylation is 2. The average molecular weight is 917 g/mol. The third kappa shape index (κ3) is 9.06. The highest BCUT2D eigenvalue weighted by Gasteiger charge is 2.38. The molecule has 14 heteroatoms. The lowest BCUT2D eigenvalue weighted by molar-refractivity contribution is 0.0930. The molecule has 6 heterocycles. The fourth-order valence-electron chi connectivity index (χ4n) is 11.0. The molecule has 4 saturated heterocycles. The van der Waals surface area contributed by atoms with Crippen molar-refractivity contribution in [2.45, 2.75) is 46.3 Å². The standard InChI is InChI=1S/C54H64N10O4/c1-32-8-10-46(62-26-40-19-55-20-41(40)27-62)17-49(32)53(65)60-35(4)37-12-38(15-48(14-37)67-6)44-23-58-64(31-44)30-39-13-47(63-28-42-21-56-22-43(42)29-63)18-50(33(39)2)54(66)59-34(3)36-9-11-52(68-7)51(16-36)45-24-57-61(5)25-45/h8-18,23-25,31,34-35,40-43,55-56H,19-22,26-30H2,1-7H3,(H,59,66)(H,60,65)/t34-,35-,40?,41?,42?,43?/m1/s1. The summed E-state index contributed by atoms with van der Waals surface area (Å²) in [6.45, 7) is 16.6. The molecule has 354 valence electrons. The molecule has 68 heavy (non-hydrogen) atoms. The third-order valence-corrected chi connectivity index (χ3v) is 15.1. The van der Waals surface area contributed by atoms with Crippen molar-refractivity contribution in [3.63, 3.8) is 0 Å². The first-order valence-electron chi connectivity index (χ1n) is 24.1. The van der Waals surface area contributed by atoms with Gasteiger partial charge in [-0.15, -0.1) is 0 Å². The number of nitrogens with one attached hydrogen (secondary N) is 4. The monoisotopic (exact) mass is 917 g/mol. The van der Waals surface area contributed by atoms with Crippen LogP contribution in [0, 0.1) is 37.5 Å². The van der Waals surface area contributed by atoms with Gasteiger partial charge in [-0.1, -0.05) is 12.1 Å². The summed E-state index contributed by atoms with van der Waals surface area (Å²) in [5.41, 5.74) is 12.0. The Labute approximate surface area is 399 Å². The summed E-state index contributed by atoms with van der Waals surface area (Å²) < 4.78 is 15.2. The zero-order chi connectivity index (χ0) is 47.2. The van der Waals surface area contributed by atoms with E-state index < -0.39 is 0 Å². The molecule has 4 aliphatic rings. The number of anilines is 2. The van der Waals surface area contributed by atoms with Gasteiger partial charge < -0.3 is 40.5 Å². The van der Waals surface area contributed by atoms with Gasteiger partial charge in [-0.05, 0) is 139 Å². The van der Waals surface area contributed by atoms with E-state index >= 15 is 0 Å². The first-order chi connectivity index (χ1) is 32.9. The highest BCUT2D eigenvalue weighted by Crippen LogP contribution is 2.37. The molecule has 14 nitrogen and oxygen atoms in total. The summed E-state index contributed by atoms with van der Waals surface area (Å²) in [5, 5.41) is 22.9. The highest BCUT2D eigenvalue weighted by molar-refractivity contribution is 5.98. The second kappa shape index (κ2) is 18.8.